The average Bonchev–Trinajstić information content (AvgIpc) is 2.78. The van der Waals surface area contributed by atoms with E-state index in [1.807, 2.05) is 0 Å². The molecule has 184 valence electrons. The number of nitrogens with one attached hydrogen (secondary N) is 1. The molecular formula is C24H47NO6. The van der Waals surface area contributed by atoms with Gasteiger partial charge in [-0.25, -0.2) is 0 Å². The van der Waals surface area contributed by atoms with Gasteiger partial charge in [-0.15, -0.1) is 0 Å². The summed E-state index contributed by atoms with van der Waals surface area (Å²) in [5, 5.41) is 41.4. The summed E-state index contributed by atoms with van der Waals surface area (Å²) >= 11 is 0. The van der Waals surface area contributed by atoms with E-state index in [0.717, 1.165) is 25.7 Å². The summed E-state index contributed by atoms with van der Waals surface area (Å²) in [5.74, 6) is -0.289. The van der Waals surface area contributed by atoms with Crippen LogP contribution in [-0.2, 0) is 9.53 Å². The zero-order valence-corrected chi connectivity index (χ0v) is 19.2. The molecule has 0 radical (unpaired) electrons. The Morgan fingerprint density at radius 2 is 1.29 bits per heavy atom. The summed E-state index contributed by atoms with van der Waals surface area (Å²) in [6, 6.07) is -1.10. The van der Waals surface area contributed by atoms with E-state index in [9.17, 15) is 20.1 Å². The zero-order valence-electron chi connectivity index (χ0n) is 20.2. The predicted molar refractivity (Wildman–Crippen MR) is 121 cm³/mol. The topological polar surface area (TPSA) is 119 Å². The Kier molecular flexibility index (Phi) is 15.2. The van der Waals surface area contributed by atoms with Gasteiger partial charge in [-0.1, -0.05) is 96.8 Å². The van der Waals surface area contributed by atoms with Crippen molar-refractivity contribution < 1.29 is 31.3 Å². The maximum atomic E-state index is 12.1. The first-order valence-electron chi connectivity index (χ1n) is 13.1. The van der Waals surface area contributed by atoms with E-state index in [2.05, 4.69) is 5.32 Å². The first-order valence-corrected chi connectivity index (χ1v) is 12.4. The third-order valence-electron chi connectivity index (χ3n) is 6.13. The molecule has 31 heavy (non-hydrogen) atoms. The fourth-order valence-corrected chi connectivity index (χ4v) is 4.09. The summed E-state index contributed by atoms with van der Waals surface area (Å²) < 4.78 is 12.2. The minimum Gasteiger partial charge on any atom is -0.394 e. The molecule has 5 N–H and O–H groups in total. The third-order valence-corrected chi connectivity index (χ3v) is 6.13. The fraction of sp³-hybridized carbons (Fsp3) is 0.958. The van der Waals surface area contributed by atoms with Gasteiger partial charge in [-0.2, -0.15) is 0 Å². The van der Waals surface area contributed by atoms with Crippen LogP contribution >= 0.6 is 0 Å². The van der Waals surface area contributed by atoms with E-state index < -0.39 is 37.3 Å². The lowest BCUT2D eigenvalue weighted by Gasteiger charge is -2.40. The predicted octanol–water partition coefficient (Wildman–Crippen LogP) is 3.16. The van der Waals surface area contributed by atoms with Crippen molar-refractivity contribution in [2.24, 2.45) is 0 Å². The average molecular weight is 447 g/mol. The first kappa shape index (κ1) is 26.5. The molecule has 1 fully saturated rings. The lowest BCUT2D eigenvalue weighted by atomic mass is 9.97. The van der Waals surface area contributed by atoms with Crippen molar-refractivity contribution in [2.45, 2.75) is 140 Å². The van der Waals surface area contributed by atoms with Crippen LogP contribution < -0.4 is 5.32 Å². The number of carbonyl (C=O) groups is 1. The number of hydrogen-bond acceptors (Lipinski definition) is 6. The van der Waals surface area contributed by atoms with Gasteiger partial charge >= 0.3 is 0 Å². The second-order valence-electron chi connectivity index (χ2n) is 8.88. The van der Waals surface area contributed by atoms with E-state index >= 15 is 0 Å². The Morgan fingerprint density at radius 1 is 0.806 bits per heavy atom. The molecule has 0 aromatic rings. The maximum absolute atomic E-state index is 12.1. The molecule has 1 saturated heterocycles. The minimum atomic E-state index is -1.46. The highest BCUT2D eigenvalue weighted by Gasteiger charge is 2.44. The largest absolute Gasteiger partial charge is 0.394 e. The van der Waals surface area contributed by atoms with Crippen LogP contribution in [-0.4, -0.2) is 63.6 Å². The van der Waals surface area contributed by atoms with Crippen molar-refractivity contribution in [3.8, 4) is 0 Å². The van der Waals surface area contributed by atoms with Crippen LogP contribution in [0.4, 0.5) is 0 Å². The van der Waals surface area contributed by atoms with Crippen molar-refractivity contribution in [3.05, 3.63) is 0 Å². The molecule has 1 heterocycles. The first-order chi connectivity index (χ1) is 15.5. The van der Waals surface area contributed by atoms with Crippen molar-refractivity contribution in [1.29, 1.82) is 0 Å². The Bertz CT molecular complexity index is 470. The Labute approximate surface area is 190 Å². The van der Waals surface area contributed by atoms with Gasteiger partial charge in [0.25, 0.3) is 0 Å². The molecular weight excluding hydrogens is 398 g/mol. The number of unbranched alkanes of at least 4 members (excludes halogenated alkanes) is 14. The molecule has 1 amide bonds. The molecule has 7 heteroatoms. The molecule has 7 nitrogen and oxygen atoms in total. The number of amides is 1. The Hall–Kier alpha value is -0.730. The molecule has 1 unspecified atom stereocenters. The van der Waals surface area contributed by atoms with Gasteiger partial charge in [0, 0.05) is 7.79 Å². The molecule has 0 aromatic carbocycles. The summed E-state index contributed by atoms with van der Waals surface area (Å²) in [6.07, 6.45) is 13.0. The molecule has 1 aliphatic rings. The summed E-state index contributed by atoms with van der Waals surface area (Å²) in [6.45, 7) is 0.0464. The number of carbonyl (C=O) groups excluding carboxylic acids is 1. The molecule has 0 spiro atoms. The normalized spacial score (nSPS) is 26.6. The lowest BCUT2D eigenvalue weighted by Crippen LogP contribution is -2.64. The van der Waals surface area contributed by atoms with Gasteiger partial charge in [0.15, 0.2) is 6.29 Å². The van der Waals surface area contributed by atoms with Gasteiger partial charge in [-0.3, -0.25) is 4.79 Å². The Balaban J connectivity index is 1.92. The highest BCUT2D eigenvalue weighted by molar-refractivity contribution is 5.76. The number of rotatable bonds is 18. The van der Waals surface area contributed by atoms with Crippen molar-refractivity contribution in [1.82, 2.24) is 5.32 Å². The maximum Gasteiger partial charge on any atom is 0.220 e. The van der Waals surface area contributed by atoms with Crippen molar-refractivity contribution in [3.63, 3.8) is 0 Å². The number of hydrogen-bond donors (Lipinski definition) is 5. The van der Waals surface area contributed by atoms with Gasteiger partial charge < -0.3 is 30.5 Å². The van der Waals surface area contributed by atoms with Crippen LogP contribution in [0, 0.1) is 0 Å². The molecule has 1 rings (SSSR count). The van der Waals surface area contributed by atoms with Crippen LogP contribution in [0.3, 0.4) is 0 Å². The quantitative estimate of drug-likeness (QED) is 0.206. The molecule has 0 aliphatic carbocycles. The molecule has 0 saturated carbocycles. The molecule has 5 atom stereocenters. The molecule has 0 aromatic heterocycles. The van der Waals surface area contributed by atoms with E-state index in [4.69, 9.17) is 11.2 Å². The van der Waals surface area contributed by atoms with Crippen molar-refractivity contribution >= 4 is 5.91 Å². The number of ether oxygens (including phenoxy) is 1. The second-order valence-corrected chi connectivity index (χ2v) is 8.88. The minimum absolute atomic E-state index is 0.289. The monoisotopic (exact) mass is 446 g/mol. The third kappa shape index (κ3) is 12.2. The number of aliphatic hydroxyl groups is 4. The van der Waals surface area contributed by atoms with Crippen LogP contribution in [0.25, 0.3) is 0 Å². The zero-order chi connectivity index (χ0) is 23.6. The summed E-state index contributed by atoms with van der Waals surface area (Å²) in [7, 11) is 0. The fourth-order valence-electron chi connectivity index (χ4n) is 4.09. The highest BCUT2D eigenvalue weighted by Crippen LogP contribution is 2.20. The standard InChI is InChI=1S/C24H47NO6/c1-2-3-4-5-6-7-8-9-10-11-12-13-14-15-16-17-20(27)25-21-23(29)22(28)19(18-26)31-24(21)30/h19,21-24,26,28-30H,2-18H2,1H3,(H,25,27)/t19-,21-,22-,23-,24?/m1/s1/i1D. The van der Waals surface area contributed by atoms with Gasteiger partial charge in [0.2, 0.25) is 5.91 Å². The van der Waals surface area contributed by atoms with E-state index in [-0.39, 0.29) is 5.91 Å². The second kappa shape index (κ2) is 17.8. The summed E-state index contributed by atoms with van der Waals surface area (Å²) in [5.41, 5.74) is 0. The lowest BCUT2D eigenvalue weighted by molar-refractivity contribution is -0.253. The van der Waals surface area contributed by atoms with Crippen LogP contribution in [0.1, 0.15) is 111 Å². The van der Waals surface area contributed by atoms with Crippen LogP contribution in [0.5, 0.6) is 0 Å². The SMILES string of the molecule is [2H]CCCCCCCCCCCCCCCCCC(=O)N[C@H]1C(O)O[C@H](CO)[C@@H](O)[C@@H]1O. The van der Waals surface area contributed by atoms with Gasteiger partial charge in [0.1, 0.15) is 24.4 Å². The Morgan fingerprint density at radius 3 is 1.77 bits per heavy atom. The van der Waals surface area contributed by atoms with Gasteiger partial charge in [0.05, 0.1) is 6.61 Å². The highest BCUT2D eigenvalue weighted by atomic mass is 16.6. The smallest absolute Gasteiger partial charge is 0.220 e. The van der Waals surface area contributed by atoms with Gasteiger partial charge in [-0.05, 0) is 6.42 Å². The summed E-state index contributed by atoms with van der Waals surface area (Å²) in [4.78, 5) is 12.1. The van der Waals surface area contributed by atoms with E-state index in [1.165, 1.54) is 70.6 Å². The van der Waals surface area contributed by atoms with Crippen LogP contribution in [0.15, 0.2) is 0 Å². The molecule has 0 bridgehead atoms. The van der Waals surface area contributed by atoms with Crippen molar-refractivity contribution in [2.75, 3.05) is 6.61 Å². The molecule has 1 aliphatic heterocycles. The number of aliphatic hydroxyl groups excluding tert-OH is 4. The van der Waals surface area contributed by atoms with Crippen LogP contribution in [0.2, 0.25) is 0 Å². The van der Waals surface area contributed by atoms with E-state index in [1.54, 1.807) is 0 Å². The van der Waals surface area contributed by atoms with E-state index in [0.29, 0.717) is 13.3 Å².